The van der Waals surface area contributed by atoms with Gasteiger partial charge in [-0.05, 0) is 56.8 Å². The molecule has 0 atom stereocenters. The van der Waals surface area contributed by atoms with Gasteiger partial charge in [-0.2, -0.15) is 5.10 Å². The monoisotopic (exact) mass is 416 g/mol. The maximum Gasteiger partial charge on any atom is 0.238 e. The number of nitrogens with one attached hydrogen (secondary N) is 1. The van der Waals surface area contributed by atoms with Crippen molar-refractivity contribution in [3.8, 4) is 5.69 Å². The molecule has 7 heteroatoms. The summed E-state index contributed by atoms with van der Waals surface area (Å²) in [6.07, 6.45) is 0. The zero-order chi connectivity index (χ0) is 20.3. The summed E-state index contributed by atoms with van der Waals surface area (Å²) in [5.41, 5.74) is 4.32. The Bertz CT molecular complexity index is 965. The molecular formula is C21H22Cl2N4O. The van der Waals surface area contributed by atoms with Crippen LogP contribution in [-0.2, 0) is 11.3 Å². The lowest BCUT2D eigenvalue weighted by Gasteiger charge is -2.17. The molecule has 0 fully saturated rings. The van der Waals surface area contributed by atoms with Crippen LogP contribution in [0.4, 0.5) is 5.69 Å². The Kier molecular flexibility index (Phi) is 6.39. The van der Waals surface area contributed by atoms with Gasteiger partial charge in [0.2, 0.25) is 5.91 Å². The van der Waals surface area contributed by atoms with Gasteiger partial charge < -0.3 is 5.32 Å². The fraction of sp³-hybridized carbons (Fsp3) is 0.238. The smallest absolute Gasteiger partial charge is 0.238 e. The number of aryl methyl sites for hydroxylation is 1. The van der Waals surface area contributed by atoms with Crippen LogP contribution in [0.25, 0.3) is 5.69 Å². The van der Waals surface area contributed by atoms with Gasteiger partial charge in [-0.1, -0.05) is 41.4 Å². The van der Waals surface area contributed by atoms with E-state index in [0.717, 1.165) is 28.3 Å². The average molecular weight is 417 g/mol. The molecule has 0 saturated heterocycles. The van der Waals surface area contributed by atoms with Crippen LogP contribution in [0.2, 0.25) is 10.0 Å². The second kappa shape index (κ2) is 8.78. The van der Waals surface area contributed by atoms with Crippen molar-refractivity contribution >= 4 is 34.8 Å². The highest BCUT2D eigenvalue weighted by Gasteiger charge is 2.16. The van der Waals surface area contributed by atoms with E-state index in [-0.39, 0.29) is 12.5 Å². The van der Waals surface area contributed by atoms with Crippen LogP contribution in [-0.4, -0.2) is 34.2 Å². The van der Waals surface area contributed by atoms with Gasteiger partial charge in [0.1, 0.15) is 0 Å². The first kappa shape index (κ1) is 20.4. The number of benzene rings is 2. The first-order valence-corrected chi connectivity index (χ1v) is 9.64. The molecule has 146 valence electrons. The molecule has 1 amide bonds. The lowest BCUT2D eigenvalue weighted by molar-refractivity contribution is -0.117. The summed E-state index contributed by atoms with van der Waals surface area (Å²) < 4.78 is 1.84. The maximum atomic E-state index is 12.6. The lowest BCUT2D eigenvalue weighted by Crippen LogP contribution is -2.30. The number of carbonyl (C=O) groups excluding carboxylic acids is 1. The van der Waals surface area contributed by atoms with E-state index in [2.05, 4.69) is 10.4 Å². The minimum absolute atomic E-state index is 0.102. The molecule has 28 heavy (non-hydrogen) atoms. The number of halogens is 2. The van der Waals surface area contributed by atoms with Crippen molar-refractivity contribution in [2.24, 2.45) is 0 Å². The largest absolute Gasteiger partial charge is 0.322 e. The topological polar surface area (TPSA) is 50.2 Å². The van der Waals surface area contributed by atoms with E-state index in [1.54, 1.807) is 6.07 Å². The van der Waals surface area contributed by atoms with Crippen molar-refractivity contribution in [3.05, 3.63) is 75.5 Å². The summed E-state index contributed by atoms with van der Waals surface area (Å²) in [7, 11) is 1.88. The summed E-state index contributed by atoms with van der Waals surface area (Å²) in [6, 6.07) is 15.2. The molecule has 0 spiro atoms. The molecule has 2 aromatic carbocycles. The van der Waals surface area contributed by atoms with Gasteiger partial charge in [0.05, 0.1) is 29.3 Å². The van der Waals surface area contributed by atoms with Gasteiger partial charge in [0.25, 0.3) is 0 Å². The number of anilines is 1. The predicted molar refractivity (Wildman–Crippen MR) is 114 cm³/mol. The fourth-order valence-corrected chi connectivity index (χ4v) is 3.71. The van der Waals surface area contributed by atoms with Crippen LogP contribution in [0.3, 0.4) is 0 Å². The van der Waals surface area contributed by atoms with Crippen molar-refractivity contribution in [1.29, 1.82) is 0 Å². The molecule has 1 heterocycles. The minimum atomic E-state index is -0.102. The van der Waals surface area contributed by atoms with Crippen LogP contribution in [0, 0.1) is 13.8 Å². The van der Waals surface area contributed by atoms with Gasteiger partial charge >= 0.3 is 0 Å². The van der Waals surface area contributed by atoms with Crippen LogP contribution < -0.4 is 5.32 Å². The van der Waals surface area contributed by atoms with Gasteiger partial charge in [-0.25, -0.2) is 4.68 Å². The molecular weight excluding hydrogens is 395 g/mol. The molecule has 0 aliphatic heterocycles. The van der Waals surface area contributed by atoms with Crippen LogP contribution >= 0.6 is 23.2 Å². The standard InChI is InChI=1S/C21H22Cl2N4O/c1-14-21(15(2)27(25-14)19-7-5-4-6-8-19)24-20(28)13-26(3)12-16-9-17(22)11-18(23)10-16/h4-11H,12-13H2,1-3H3,(H,24,28). The van der Waals surface area contributed by atoms with Crippen molar-refractivity contribution in [2.45, 2.75) is 20.4 Å². The second-order valence-corrected chi connectivity index (χ2v) is 7.66. The first-order valence-electron chi connectivity index (χ1n) is 8.88. The lowest BCUT2D eigenvalue weighted by atomic mass is 10.2. The van der Waals surface area contributed by atoms with Crippen molar-refractivity contribution in [1.82, 2.24) is 14.7 Å². The van der Waals surface area contributed by atoms with Crippen molar-refractivity contribution < 1.29 is 4.79 Å². The molecule has 3 rings (SSSR count). The molecule has 0 aliphatic carbocycles. The number of aromatic nitrogens is 2. The third-order valence-corrected chi connectivity index (χ3v) is 4.78. The minimum Gasteiger partial charge on any atom is -0.322 e. The zero-order valence-corrected chi connectivity index (χ0v) is 17.6. The van der Waals surface area contributed by atoms with Gasteiger partial charge in [0, 0.05) is 16.6 Å². The Morgan fingerprint density at radius 1 is 1.11 bits per heavy atom. The molecule has 0 radical (unpaired) electrons. The van der Waals surface area contributed by atoms with Crippen molar-refractivity contribution in [3.63, 3.8) is 0 Å². The fourth-order valence-electron chi connectivity index (χ4n) is 3.14. The molecule has 1 aromatic heterocycles. The van der Waals surface area contributed by atoms with Crippen LogP contribution in [0.1, 0.15) is 17.0 Å². The highest BCUT2D eigenvalue weighted by Crippen LogP contribution is 2.23. The van der Waals surface area contributed by atoms with E-state index in [0.29, 0.717) is 16.6 Å². The Balaban J connectivity index is 1.67. The van der Waals surface area contributed by atoms with Gasteiger partial charge in [-0.15, -0.1) is 0 Å². The Labute approximate surface area is 174 Å². The Hall–Kier alpha value is -2.34. The van der Waals surface area contributed by atoms with Crippen LogP contribution in [0.5, 0.6) is 0 Å². The number of likely N-dealkylation sites (N-methyl/N-ethyl adjacent to an activating group) is 1. The molecule has 1 N–H and O–H groups in total. The summed E-state index contributed by atoms with van der Waals surface area (Å²) in [6.45, 7) is 4.63. The zero-order valence-electron chi connectivity index (χ0n) is 16.0. The first-order chi connectivity index (χ1) is 13.3. The average Bonchev–Trinajstić information content (AvgIpc) is 2.89. The van der Waals surface area contributed by atoms with E-state index >= 15 is 0 Å². The summed E-state index contributed by atoms with van der Waals surface area (Å²) in [4.78, 5) is 14.5. The van der Waals surface area contributed by atoms with E-state index in [1.165, 1.54) is 0 Å². The summed E-state index contributed by atoms with van der Waals surface area (Å²) in [5, 5.41) is 8.72. The SMILES string of the molecule is Cc1nn(-c2ccccc2)c(C)c1NC(=O)CN(C)Cc1cc(Cl)cc(Cl)c1. The number of amides is 1. The Morgan fingerprint density at radius 3 is 2.39 bits per heavy atom. The molecule has 0 saturated carbocycles. The van der Waals surface area contributed by atoms with Gasteiger partial charge in [-0.3, -0.25) is 9.69 Å². The normalized spacial score (nSPS) is 11.1. The maximum absolute atomic E-state index is 12.6. The summed E-state index contributed by atoms with van der Waals surface area (Å²) >= 11 is 12.1. The highest BCUT2D eigenvalue weighted by atomic mass is 35.5. The van der Waals surface area contributed by atoms with E-state index in [9.17, 15) is 4.79 Å². The van der Waals surface area contributed by atoms with E-state index in [1.807, 2.05) is 72.9 Å². The van der Waals surface area contributed by atoms with Gasteiger partial charge in [0.15, 0.2) is 0 Å². The Morgan fingerprint density at radius 2 is 1.75 bits per heavy atom. The second-order valence-electron chi connectivity index (χ2n) is 6.79. The molecule has 0 aliphatic rings. The third-order valence-electron chi connectivity index (χ3n) is 4.34. The molecule has 5 nitrogen and oxygen atoms in total. The number of hydrogen-bond donors (Lipinski definition) is 1. The summed E-state index contributed by atoms with van der Waals surface area (Å²) in [5.74, 6) is -0.102. The van der Waals surface area contributed by atoms with E-state index in [4.69, 9.17) is 23.2 Å². The number of rotatable bonds is 6. The predicted octanol–water partition coefficient (Wildman–Crippen LogP) is 4.87. The highest BCUT2D eigenvalue weighted by molar-refractivity contribution is 6.34. The number of para-hydroxylation sites is 1. The van der Waals surface area contributed by atoms with E-state index < -0.39 is 0 Å². The molecule has 0 unspecified atom stereocenters. The number of carbonyl (C=O) groups is 1. The third kappa shape index (κ3) is 4.93. The number of nitrogens with zero attached hydrogens (tertiary/aromatic N) is 3. The number of hydrogen-bond acceptors (Lipinski definition) is 3. The quantitative estimate of drug-likeness (QED) is 0.623. The molecule has 3 aromatic rings. The van der Waals surface area contributed by atoms with Crippen molar-refractivity contribution in [2.75, 3.05) is 18.9 Å². The van der Waals surface area contributed by atoms with Crippen LogP contribution in [0.15, 0.2) is 48.5 Å². The molecule has 0 bridgehead atoms.